The summed E-state index contributed by atoms with van der Waals surface area (Å²) < 4.78 is 2.16. The van der Waals surface area contributed by atoms with Gasteiger partial charge in [-0.05, 0) is 12.3 Å². The Labute approximate surface area is 81.0 Å². The lowest BCUT2D eigenvalue weighted by Gasteiger charge is -2.01. The van der Waals surface area contributed by atoms with Crippen LogP contribution in [0.15, 0.2) is 12.4 Å². The molecule has 0 radical (unpaired) electrons. The molecule has 1 rings (SSSR count). The van der Waals surface area contributed by atoms with Gasteiger partial charge in [0.15, 0.2) is 0 Å². The molecule has 0 aliphatic heterocycles. The molecule has 1 heterocycles. The van der Waals surface area contributed by atoms with Gasteiger partial charge in [-0.1, -0.05) is 26.7 Å². The topological polar surface area (TPSA) is 19.7 Å². The van der Waals surface area contributed by atoms with Crippen molar-refractivity contribution in [3.63, 3.8) is 0 Å². The Morgan fingerprint density at radius 1 is 1.38 bits per heavy atom. The molecule has 0 unspecified atom stereocenters. The number of aromatic amines is 1. The van der Waals surface area contributed by atoms with Crippen molar-refractivity contribution in [1.82, 2.24) is 4.98 Å². The van der Waals surface area contributed by atoms with Crippen LogP contribution in [-0.4, -0.2) is 4.98 Å². The Balaban J connectivity index is 2.17. The monoisotopic (exact) mass is 181 g/mol. The molecule has 13 heavy (non-hydrogen) atoms. The van der Waals surface area contributed by atoms with Gasteiger partial charge in [-0.2, -0.15) is 0 Å². The van der Waals surface area contributed by atoms with Crippen LogP contribution >= 0.6 is 0 Å². The highest BCUT2D eigenvalue weighted by Gasteiger charge is 2.05. The van der Waals surface area contributed by atoms with E-state index in [0.717, 1.165) is 5.92 Å². The number of aromatic nitrogens is 2. The van der Waals surface area contributed by atoms with Gasteiger partial charge in [0.25, 0.3) is 5.82 Å². The third-order valence-electron chi connectivity index (χ3n) is 2.42. The van der Waals surface area contributed by atoms with Crippen molar-refractivity contribution in [3.05, 3.63) is 18.2 Å². The van der Waals surface area contributed by atoms with Crippen LogP contribution < -0.4 is 4.57 Å². The molecule has 0 atom stereocenters. The van der Waals surface area contributed by atoms with Crippen molar-refractivity contribution in [1.29, 1.82) is 0 Å². The van der Waals surface area contributed by atoms with Gasteiger partial charge < -0.3 is 0 Å². The summed E-state index contributed by atoms with van der Waals surface area (Å²) in [7, 11) is 2.09. The van der Waals surface area contributed by atoms with Gasteiger partial charge >= 0.3 is 0 Å². The number of nitrogens with zero attached hydrogens (tertiary/aromatic N) is 1. The molecule has 1 aromatic rings. The smallest absolute Gasteiger partial charge is 0.248 e. The third kappa shape index (κ3) is 3.62. The number of hydrogen-bond acceptors (Lipinski definition) is 0. The average Bonchev–Trinajstić information content (AvgIpc) is 2.45. The Kier molecular flexibility index (Phi) is 4.00. The summed E-state index contributed by atoms with van der Waals surface area (Å²) in [6.07, 6.45) is 9.24. The van der Waals surface area contributed by atoms with Crippen LogP contribution in [0.3, 0.4) is 0 Å². The van der Waals surface area contributed by atoms with Gasteiger partial charge in [0.05, 0.1) is 7.05 Å². The first kappa shape index (κ1) is 10.3. The summed E-state index contributed by atoms with van der Waals surface area (Å²) in [5.74, 6) is 2.18. The van der Waals surface area contributed by atoms with Gasteiger partial charge in [0.1, 0.15) is 12.4 Å². The molecule has 1 N–H and O–H groups in total. The third-order valence-corrected chi connectivity index (χ3v) is 2.42. The molecule has 0 bridgehead atoms. The predicted molar refractivity (Wildman–Crippen MR) is 54.4 cm³/mol. The minimum Gasteiger partial charge on any atom is -0.248 e. The second kappa shape index (κ2) is 5.05. The molecular weight excluding hydrogens is 160 g/mol. The zero-order valence-corrected chi connectivity index (χ0v) is 9.01. The SMILES string of the molecule is CC(C)CCCCc1[nH]cc[n+]1C. The first-order valence-electron chi connectivity index (χ1n) is 5.22. The van der Waals surface area contributed by atoms with E-state index in [4.69, 9.17) is 0 Å². The van der Waals surface area contributed by atoms with Gasteiger partial charge in [0, 0.05) is 6.42 Å². The van der Waals surface area contributed by atoms with E-state index in [2.05, 4.69) is 36.6 Å². The quantitative estimate of drug-likeness (QED) is 0.531. The maximum absolute atomic E-state index is 3.26. The molecule has 0 saturated carbocycles. The largest absolute Gasteiger partial charge is 0.253 e. The van der Waals surface area contributed by atoms with E-state index >= 15 is 0 Å². The normalized spacial score (nSPS) is 11.1. The number of unbranched alkanes of at least 4 members (excludes halogenated alkanes) is 1. The molecule has 1 aromatic heterocycles. The maximum atomic E-state index is 3.26. The average molecular weight is 181 g/mol. The molecule has 0 saturated heterocycles. The lowest BCUT2D eigenvalue weighted by molar-refractivity contribution is -0.677. The molecule has 0 amide bonds. The molecule has 2 heteroatoms. The van der Waals surface area contributed by atoms with E-state index in [0.29, 0.717) is 0 Å². The van der Waals surface area contributed by atoms with Crippen LogP contribution in [0.2, 0.25) is 0 Å². The Hall–Kier alpha value is -0.790. The van der Waals surface area contributed by atoms with Crippen molar-refractivity contribution in [2.45, 2.75) is 39.5 Å². The summed E-state index contributed by atoms with van der Waals surface area (Å²) in [5.41, 5.74) is 0. The van der Waals surface area contributed by atoms with Gasteiger partial charge in [-0.25, -0.2) is 9.55 Å². The first-order valence-corrected chi connectivity index (χ1v) is 5.22. The fourth-order valence-electron chi connectivity index (χ4n) is 1.53. The van der Waals surface area contributed by atoms with Gasteiger partial charge in [-0.3, -0.25) is 0 Å². The first-order chi connectivity index (χ1) is 6.20. The number of nitrogens with one attached hydrogen (secondary N) is 1. The standard InChI is InChI=1S/C11H20N2/c1-10(2)6-4-5-7-11-12-8-9-13(11)3/h8-10H,4-7H2,1-3H3/p+1. The van der Waals surface area contributed by atoms with Crippen LogP contribution in [0, 0.1) is 5.92 Å². The fourth-order valence-corrected chi connectivity index (χ4v) is 1.53. The van der Waals surface area contributed by atoms with E-state index in [1.165, 1.54) is 31.5 Å². The van der Waals surface area contributed by atoms with Crippen LogP contribution in [0.25, 0.3) is 0 Å². The molecule has 0 spiro atoms. The van der Waals surface area contributed by atoms with Crippen molar-refractivity contribution in [2.24, 2.45) is 13.0 Å². The van der Waals surface area contributed by atoms with Crippen molar-refractivity contribution in [3.8, 4) is 0 Å². The number of hydrogen-bond donors (Lipinski definition) is 1. The summed E-state index contributed by atoms with van der Waals surface area (Å²) >= 11 is 0. The lowest BCUT2D eigenvalue weighted by atomic mass is 10.1. The molecule has 74 valence electrons. The van der Waals surface area contributed by atoms with Crippen molar-refractivity contribution in [2.75, 3.05) is 0 Å². The molecule has 0 aliphatic carbocycles. The van der Waals surface area contributed by atoms with E-state index in [1.807, 2.05) is 6.20 Å². The Morgan fingerprint density at radius 2 is 2.15 bits per heavy atom. The molecule has 0 fully saturated rings. The van der Waals surface area contributed by atoms with E-state index in [1.54, 1.807) is 0 Å². The van der Waals surface area contributed by atoms with Gasteiger partial charge in [0.2, 0.25) is 0 Å². The highest BCUT2D eigenvalue weighted by atomic mass is 15.0. The minimum atomic E-state index is 0.845. The van der Waals surface area contributed by atoms with E-state index in [9.17, 15) is 0 Å². The van der Waals surface area contributed by atoms with Gasteiger partial charge in [-0.15, -0.1) is 0 Å². The summed E-state index contributed by atoms with van der Waals surface area (Å²) in [4.78, 5) is 3.26. The van der Waals surface area contributed by atoms with Crippen LogP contribution in [0.5, 0.6) is 0 Å². The Bertz CT molecular complexity index is 238. The zero-order chi connectivity index (χ0) is 9.68. The fraction of sp³-hybridized carbons (Fsp3) is 0.727. The van der Waals surface area contributed by atoms with Crippen LogP contribution in [0.4, 0.5) is 0 Å². The zero-order valence-electron chi connectivity index (χ0n) is 9.01. The summed E-state index contributed by atoms with van der Waals surface area (Å²) in [5, 5.41) is 0. The highest BCUT2D eigenvalue weighted by molar-refractivity contribution is 4.76. The number of aryl methyl sites for hydroxylation is 2. The second-order valence-electron chi connectivity index (χ2n) is 4.16. The second-order valence-corrected chi connectivity index (χ2v) is 4.16. The Morgan fingerprint density at radius 3 is 2.69 bits per heavy atom. The molecule has 0 aliphatic rings. The van der Waals surface area contributed by atoms with Crippen molar-refractivity contribution < 1.29 is 4.57 Å². The minimum absolute atomic E-state index is 0.845. The number of H-pyrrole nitrogens is 1. The lowest BCUT2D eigenvalue weighted by Crippen LogP contribution is -2.30. The van der Waals surface area contributed by atoms with Crippen LogP contribution in [-0.2, 0) is 13.5 Å². The maximum Gasteiger partial charge on any atom is 0.253 e. The molecular formula is C11H21N2+. The summed E-state index contributed by atoms with van der Waals surface area (Å²) in [6, 6.07) is 0. The molecule has 0 aromatic carbocycles. The predicted octanol–water partition coefficient (Wildman–Crippen LogP) is 2.21. The van der Waals surface area contributed by atoms with E-state index < -0.39 is 0 Å². The van der Waals surface area contributed by atoms with Crippen molar-refractivity contribution >= 4 is 0 Å². The van der Waals surface area contributed by atoms with Crippen LogP contribution in [0.1, 0.15) is 38.9 Å². The molecule has 2 nitrogen and oxygen atoms in total. The highest BCUT2D eigenvalue weighted by Crippen LogP contribution is 2.07. The summed E-state index contributed by atoms with van der Waals surface area (Å²) in [6.45, 7) is 4.57. The number of rotatable bonds is 5. The van der Waals surface area contributed by atoms with E-state index in [-0.39, 0.29) is 0 Å². The number of imidazole rings is 1.